The van der Waals surface area contributed by atoms with Crippen LogP contribution >= 0.6 is 0 Å². The third-order valence-electron chi connectivity index (χ3n) is 2.22. The normalized spacial score (nSPS) is 10.6. The molecule has 2 aromatic rings. The molecule has 0 radical (unpaired) electrons. The first-order valence-electron chi connectivity index (χ1n) is 5.58. The fourth-order valence-electron chi connectivity index (χ4n) is 1.40. The van der Waals surface area contributed by atoms with Crippen molar-refractivity contribution in [2.75, 3.05) is 0 Å². The highest BCUT2D eigenvalue weighted by molar-refractivity contribution is 5.25. The molecule has 17 heavy (non-hydrogen) atoms. The summed E-state index contributed by atoms with van der Waals surface area (Å²) in [7, 11) is 0. The SMILES string of the molecule is Cc1cc(Oc2cccnc2)nc(C(C)C)n1. The lowest BCUT2D eigenvalue weighted by Crippen LogP contribution is -2.01. The van der Waals surface area contributed by atoms with Crippen molar-refractivity contribution in [2.24, 2.45) is 0 Å². The van der Waals surface area contributed by atoms with E-state index in [1.165, 1.54) is 0 Å². The number of aryl methyl sites for hydroxylation is 1. The molecule has 0 saturated carbocycles. The van der Waals surface area contributed by atoms with Gasteiger partial charge in [-0.05, 0) is 19.1 Å². The molecule has 2 aromatic heterocycles. The van der Waals surface area contributed by atoms with Crippen molar-refractivity contribution < 1.29 is 4.74 Å². The Morgan fingerprint density at radius 2 is 2.06 bits per heavy atom. The van der Waals surface area contributed by atoms with Crippen molar-refractivity contribution in [1.82, 2.24) is 15.0 Å². The van der Waals surface area contributed by atoms with Crippen LogP contribution < -0.4 is 4.74 Å². The van der Waals surface area contributed by atoms with E-state index in [0.29, 0.717) is 11.6 Å². The number of hydrogen-bond donors (Lipinski definition) is 0. The predicted octanol–water partition coefficient (Wildman–Crippen LogP) is 3.10. The van der Waals surface area contributed by atoms with Crippen molar-refractivity contribution in [1.29, 1.82) is 0 Å². The summed E-state index contributed by atoms with van der Waals surface area (Å²) in [6.45, 7) is 6.05. The van der Waals surface area contributed by atoms with Crippen LogP contribution in [0.25, 0.3) is 0 Å². The van der Waals surface area contributed by atoms with Gasteiger partial charge in [-0.1, -0.05) is 13.8 Å². The maximum absolute atomic E-state index is 5.64. The second kappa shape index (κ2) is 4.91. The molecule has 4 nitrogen and oxygen atoms in total. The zero-order valence-electron chi connectivity index (χ0n) is 10.2. The van der Waals surface area contributed by atoms with Gasteiger partial charge in [-0.2, -0.15) is 4.98 Å². The summed E-state index contributed by atoms with van der Waals surface area (Å²) in [6.07, 6.45) is 3.37. The van der Waals surface area contributed by atoms with Crippen LogP contribution in [-0.2, 0) is 0 Å². The Labute approximate surface area is 101 Å². The summed E-state index contributed by atoms with van der Waals surface area (Å²) in [4.78, 5) is 12.7. The van der Waals surface area contributed by atoms with Gasteiger partial charge in [-0.3, -0.25) is 4.98 Å². The Bertz CT molecular complexity index is 497. The fraction of sp³-hybridized carbons (Fsp3) is 0.308. The van der Waals surface area contributed by atoms with E-state index < -0.39 is 0 Å². The van der Waals surface area contributed by atoms with Gasteiger partial charge in [0.25, 0.3) is 0 Å². The Kier molecular flexibility index (Phi) is 3.32. The quantitative estimate of drug-likeness (QED) is 0.811. The van der Waals surface area contributed by atoms with Crippen LogP contribution in [0, 0.1) is 6.92 Å². The summed E-state index contributed by atoms with van der Waals surface area (Å²) >= 11 is 0. The number of aromatic nitrogens is 3. The molecule has 0 aliphatic carbocycles. The number of rotatable bonds is 3. The van der Waals surface area contributed by atoms with Gasteiger partial charge in [0.15, 0.2) is 0 Å². The number of ether oxygens (including phenoxy) is 1. The van der Waals surface area contributed by atoms with E-state index in [0.717, 1.165) is 11.5 Å². The second-order valence-corrected chi connectivity index (χ2v) is 4.15. The van der Waals surface area contributed by atoms with Crippen LogP contribution in [0.1, 0.15) is 31.3 Å². The lowest BCUT2D eigenvalue weighted by molar-refractivity contribution is 0.454. The number of hydrogen-bond acceptors (Lipinski definition) is 4. The Morgan fingerprint density at radius 1 is 1.24 bits per heavy atom. The van der Waals surface area contributed by atoms with E-state index in [4.69, 9.17) is 4.74 Å². The summed E-state index contributed by atoms with van der Waals surface area (Å²) in [5.41, 5.74) is 0.905. The minimum absolute atomic E-state index is 0.283. The zero-order chi connectivity index (χ0) is 12.3. The molecule has 0 atom stereocenters. The zero-order valence-corrected chi connectivity index (χ0v) is 10.2. The molecule has 0 N–H and O–H groups in total. The van der Waals surface area contributed by atoms with Crippen molar-refractivity contribution in [3.63, 3.8) is 0 Å². The molecule has 2 rings (SSSR count). The number of pyridine rings is 1. The van der Waals surface area contributed by atoms with Crippen LogP contribution in [0.2, 0.25) is 0 Å². The standard InChI is InChI=1S/C13H15N3O/c1-9(2)13-15-10(3)7-12(16-13)17-11-5-4-6-14-8-11/h4-9H,1-3H3. The predicted molar refractivity (Wildman–Crippen MR) is 65.2 cm³/mol. The molecule has 0 aliphatic rings. The van der Waals surface area contributed by atoms with Crippen molar-refractivity contribution in [2.45, 2.75) is 26.7 Å². The molecule has 88 valence electrons. The maximum atomic E-state index is 5.64. The Morgan fingerprint density at radius 3 is 2.71 bits per heavy atom. The van der Waals surface area contributed by atoms with E-state index in [2.05, 4.69) is 28.8 Å². The van der Waals surface area contributed by atoms with Gasteiger partial charge in [-0.15, -0.1) is 0 Å². The monoisotopic (exact) mass is 229 g/mol. The van der Waals surface area contributed by atoms with Crippen LogP contribution in [0.3, 0.4) is 0 Å². The summed E-state index contributed by atoms with van der Waals surface area (Å²) in [5, 5.41) is 0. The largest absolute Gasteiger partial charge is 0.437 e. The summed E-state index contributed by atoms with van der Waals surface area (Å²) in [6, 6.07) is 5.49. The van der Waals surface area contributed by atoms with Crippen LogP contribution in [0.4, 0.5) is 0 Å². The first kappa shape index (κ1) is 11.5. The van der Waals surface area contributed by atoms with Gasteiger partial charge in [0.05, 0.1) is 6.20 Å². The highest BCUT2D eigenvalue weighted by Gasteiger charge is 2.07. The molecule has 0 bridgehead atoms. The molecule has 0 saturated heterocycles. The number of nitrogens with zero attached hydrogens (tertiary/aromatic N) is 3. The highest BCUT2D eigenvalue weighted by atomic mass is 16.5. The Balaban J connectivity index is 2.27. The average Bonchev–Trinajstić information content (AvgIpc) is 2.29. The molecule has 0 unspecified atom stereocenters. The third-order valence-corrected chi connectivity index (χ3v) is 2.22. The van der Waals surface area contributed by atoms with Crippen molar-refractivity contribution in [3.05, 3.63) is 42.1 Å². The van der Waals surface area contributed by atoms with E-state index in [1.807, 2.05) is 25.1 Å². The third kappa shape index (κ3) is 3.00. The topological polar surface area (TPSA) is 47.9 Å². The van der Waals surface area contributed by atoms with E-state index >= 15 is 0 Å². The fourth-order valence-corrected chi connectivity index (χ4v) is 1.40. The molecule has 2 heterocycles. The van der Waals surface area contributed by atoms with Crippen LogP contribution in [0.15, 0.2) is 30.6 Å². The summed E-state index contributed by atoms with van der Waals surface area (Å²) in [5.74, 6) is 2.32. The molecular weight excluding hydrogens is 214 g/mol. The highest BCUT2D eigenvalue weighted by Crippen LogP contribution is 2.20. The molecule has 0 aliphatic heterocycles. The van der Waals surface area contributed by atoms with Crippen LogP contribution in [0.5, 0.6) is 11.6 Å². The lowest BCUT2D eigenvalue weighted by Gasteiger charge is -2.08. The van der Waals surface area contributed by atoms with Gasteiger partial charge in [-0.25, -0.2) is 4.98 Å². The molecule has 4 heteroatoms. The molecule has 0 fully saturated rings. The minimum atomic E-state index is 0.283. The van der Waals surface area contributed by atoms with Gasteiger partial charge in [0.1, 0.15) is 11.6 Å². The molecular formula is C13H15N3O. The molecule has 0 amide bonds. The molecule has 0 aromatic carbocycles. The molecule has 0 spiro atoms. The average molecular weight is 229 g/mol. The van der Waals surface area contributed by atoms with E-state index in [9.17, 15) is 0 Å². The van der Waals surface area contributed by atoms with Gasteiger partial charge in [0.2, 0.25) is 5.88 Å². The Hall–Kier alpha value is -1.97. The van der Waals surface area contributed by atoms with E-state index in [-0.39, 0.29) is 5.92 Å². The lowest BCUT2D eigenvalue weighted by atomic mass is 10.2. The first-order chi connectivity index (χ1) is 8.15. The minimum Gasteiger partial charge on any atom is -0.437 e. The van der Waals surface area contributed by atoms with Gasteiger partial charge >= 0.3 is 0 Å². The van der Waals surface area contributed by atoms with Gasteiger partial charge < -0.3 is 4.74 Å². The van der Waals surface area contributed by atoms with Crippen molar-refractivity contribution >= 4 is 0 Å². The van der Waals surface area contributed by atoms with E-state index in [1.54, 1.807) is 12.4 Å². The first-order valence-corrected chi connectivity index (χ1v) is 5.58. The van der Waals surface area contributed by atoms with Crippen LogP contribution in [-0.4, -0.2) is 15.0 Å². The van der Waals surface area contributed by atoms with Gasteiger partial charge in [0, 0.05) is 23.9 Å². The van der Waals surface area contributed by atoms with Crippen molar-refractivity contribution in [3.8, 4) is 11.6 Å². The smallest absolute Gasteiger partial charge is 0.222 e. The summed E-state index contributed by atoms with van der Waals surface area (Å²) < 4.78 is 5.64. The maximum Gasteiger partial charge on any atom is 0.222 e. The second-order valence-electron chi connectivity index (χ2n) is 4.15.